The van der Waals surface area contributed by atoms with E-state index < -0.39 is 6.10 Å². The molecule has 0 aliphatic rings. The predicted molar refractivity (Wildman–Crippen MR) is 80.7 cm³/mol. The molecule has 0 heterocycles. The molecule has 20 heavy (non-hydrogen) atoms. The number of hydrogen-bond acceptors (Lipinski definition) is 2. The standard InChI is InChI=1S/C17H19NO2/c1-3-16(17(19)18-2)20-15-11-9-14(10-12-15)13-7-5-4-6-8-13/h4-12,16H,3H2,1-2H3,(H,18,19)/t16-/m1/s1. The first kappa shape index (κ1) is 14.1. The maximum absolute atomic E-state index is 11.6. The van der Waals surface area contributed by atoms with Gasteiger partial charge < -0.3 is 10.1 Å². The van der Waals surface area contributed by atoms with Crippen LogP contribution in [0.3, 0.4) is 0 Å². The fraction of sp³-hybridized carbons (Fsp3) is 0.235. The molecule has 0 saturated carbocycles. The van der Waals surface area contributed by atoms with Gasteiger partial charge >= 0.3 is 0 Å². The molecule has 1 amide bonds. The Morgan fingerprint density at radius 3 is 2.20 bits per heavy atom. The van der Waals surface area contributed by atoms with E-state index in [1.165, 1.54) is 0 Å². The molecule has 0 fully saturated rings. The Morgan fingerprint density at radius 1 is 1.05 bits per heavy atom. The van der Waals surface area contributed by atoms with Gasteiger partial charge in [-0.05, 0) is 29.7 Å². The van der Waals surface area contributed by atoms with Crippen molar-refractivity contribution in [2.24, 2.45) is 0 Å². The van der Waals surface area contributed by atoms with Crippen molar-refractivity contribution < 1.29 is 9.53 Å². The highest BCUT2D eigenvalue weighted by molar-refractivity contribution is 5.80. The summed E-state index contributed by atoms with van der Waals surface area (Å²) in [6, 6.07) is 17.9. The van der Waals surface area contributed by atoms with Gasteiger partial charge in [-0.1, -0.05) is 49.4 Å². The molecular weight excluding hydrogens is 250 g/mol. The van der Waals surface area contributed by atoms with Crippen LogP contribution in [-0.4, -0.2) is 19.1 Å². The number of hydrogen-bond donors (Lipinski definition) is 1. The van der Waals surface area contributed by atoms with Crippen LogP contribution in [0.25, 0.3) is 11.1 Å². The number of carbonyl (C=O) groups is 1. The molecule has 0 aliphatic heterocycles. The van der Waals surface area contributed by atoms with E-state index in [2.05, 4.69) is 17.4 Å². The molecule has 3 nitrogen and oxygen atoms in total. The van der Waals surface area contributed by atoms with Gasteiger partial charge in [-0.3, -0.25) is 4.79 Å². The second-order valence-corrected chi connectivity index (χ2v) is 4.52. The lowest BCUT2D eigenvalue weighted by molar-refractivity contribution is -0.127. The fourth-order valence-electron chi connectivity index (χ4n) is 2.00. The van der Waals surface area contributed by atoms with Crippen molar-refractivity contribution in [3.63, 3.8) is 0 Å². The highest BCUT2D eigenvalue weighted by Gasteiger charge is 2.16. The van der Waals surface area contributed by atoms with E-state index >= 15 is 0 Å². The van der Waals surface area contributed by atoms with E-state index in [0.717, 1.165) is 11.1 Å². The number of benzene rings is 2. The molecule has 0 spiro atoms. The van der Waals surface area contributed by atoms with E-state index in [-0.39, 0.29) is 5.91 Å². The molecule has 2 aromatic carbocycles. The summed E-state index contributed by atoms with van der Waals surface area (Å²) in [7, 11) is 1.62. The summed E-state index contributed by atoms with van der Waals surface area (Å²) in [6.45, 7) is 1.93. The molecule has 1 atom stereocenters. The Balaban J connectivity index is 2.10. The van der Waals surface area contributed by atoms with Crippen molar-refractivity contribution >= 4 is 5.91 Å². The minimum atomic E-state index is -0.442. The Hall–Kier alpha value is -2.29. The largest absolute Gasteiger partial charge is 0.481 e. The first-order valence-corrected chi connectivity index (χ1v) is 6.78. The van der Waals surface area contributed by atoms with Gasteiger partial charge in [0, 0.05) is 7.05 Å². The minimum Gasteiger partial charge on any atom is -0.481 e. The summed E-state index contributed by atoms with van der Waals surface area (Å²) in [5.41, 5.74) is 2.29. The molecule has 104 valence electrons. The van der Waals surface area contributed by atoms with Crippen LogP contribution in [-0.2, 0) is 4.79 Å². The molecule has 2 rings (SSSR count). The van der Waals surface area contributed by atoms with E-state index in [1.54, 1.807) is 7.05 Å². The third kappa shape index (κ3) is 3.38. The lowest BCUT2D eigenvalue weighted by Crippen LogP contribution is -2.35. The fourth-order valence-corrected chi connectivity index (χ4v) is 2.00. The Morgan fingerprint density at radius 2 is 1.65 bits per heavy atom. The summed E-state index contributed by atoms with van der Waals surface area (Å²) in [5.74, 6) is 0.611. The molecule has 0 aromatic heterocycles. The van der Waals surface area contributed by atoms with Crippen molar-refractivity contribution in [3.8, 4) is 16.9 Å². The average molecular weight is 269 g/mol. The van der Waals surface area contributed by atoms with Crippen molar-refractivity contribution in [1.82, 2.24) is 5.32 Å². The third-order valence-corrected chi connectivity index (χ3v) is 3.15. The summed E-state index contributed by atoms with van der Waals surface area (Å²) >= 11 is 0. The summed E-state index contributed by atoms with van der Waals surface area (Å²) in [4.78, 5) is 11.6. The van der Waals surface area contributed by atoms with Gasteiger partial charge in [-0.2, -0.15) is 0 Å². The zero-order valence-corrected chi connectivity index (χ0v) is 11.8. The first-order valence-electron chi connectivity index (χ1n) is 6.78. The summed E-state index contributed by atoms with van der Waals surface area (Å²) < 4.78 is 5.70. The molecule has 3 heteroatoms. The van der Waals surface area contributed by atoms with Crippen LogP contribution in [0.15, 0.2) is 54.6 Å². The Labute approximate surface area is 119 Å². The number of carbonyl (C=O) groups excluding carboxylic acids is 1. The number of rotatable bonds is 5. The van der Waals surface area contributed by atoms with E-state index in [9.17, 15) is 4.79 Å². The van der Waals surface area contributed by atoms with Crippen molar-refractivity contribution in [1.29, 1.82) is 0 Å². The van der Waals surface area contributed by atoms with Crippen LogP contribution < -0.4 is 10.1 Å². The number of nitrogens with one attached hydrogen (secondary N) is 1. The van der Waals surface area contributed by atoms with Crippen molar-refractivity contribution in [2.75, 3.05) is 7.05 Å². The Bertz CT molecular complexity index is 549. The van der Waals surface area contributed by atoms with Crippen LogP contribution in [0.5, 0.6) is 5.75 Å². The van der Waals surface area contributed by atoms with Gasteiger partial charge in [-0.25, -0.2) is 0 Å². The van der Waals surface area contributed by atoms with Crippen LogP contribution >= 0.6 is 0 Å². The molecule has 0 unspecified atom stereocenters. The normalized spacial score (nSPS) is 11.7. The SMILES string of the molecule is CC[C@@H](Oc1ccc(-c2ccccc2)cc1)C(=O)NC. The Kier molecular flexibility index (Phi) is 4.77. The van der Waals surface area contributed by atoms with E-state index in [0.29, 0.717) is 12.2 Å². The van der Waals surface area contributed by atoms with Crippen LogP contribution in [0.2, 0.25) is 0 Å². The lowest BCUT2D eigenvalue weighted by Gasteiger charge is -2.16. The van der Waals surface area contributed by atoms with Gasteiger partial charge in [0.2, 0.25) is 0 Å². The van der Waals surface area contributed by atoms with Gasteiger partial charge in [0.05, 0.1) is 0 Å². The number of likely N-dealkylation sites (N-methyl/N-ethyl adjacent to an activating group) is 1. The highest BCUT2D eigenvalue weighted by atomic mass is 16.5. The molecular formula is C17H19NO2. The zero-order chi connectivity index (χ0) is 14.4. The molecule has 0 saturated heterocycles. The molecule has 0 aliphatic carbocycles. The van der Waals surface area contributed by atoms with Gasteiger partial charge in [-0.15, -0.1) is 0 Å². The van der Waals surface area contributed by atoms with E-state index in [1.807, 2.05) is 49.4 Å². The lowest BCUT2D eigenvalue weighted by atomic mass is 10.1. The minimum absolute atomic E-state index is 0.0976. The third-order valence-electron chi connectivity index (χ3n) is 3.15. The smallest absolute Gasteiger partial charge is 0.260 e. The van der Waals surface area contributed by atoms with Crippen molar-refractivity contribution in [3.05, 3.63) is 54.6 Å². The predicted octanol–water partition coefficient (Wildman–Crippen LogP) is 3.26. The van der Waals surface area contributed by atoms with Gasteiger partial charge in [0.25, 0.3) is 5.91 Å². The monoisotopic (exact) mass is 269 g/mol. The molecule has 0 bridgehead atoms. The van der Waals surface area contributed by atoms with Crippen LogP contribution in [0.4, 0.5) is 0 Å². The van der Waals surface area contributed by atoms with Crippen LogP contribution in [0.1, 0.15) is 13.3 Å². The topological polar surface area (TPSA) is 38.3 Å². The van der Waals surface area contributed by atoms with Gasteiger partial charge in [0.1, 0.15) is 5.75 Å². The highest BCUT2D eigenvalue weighted by Crippen LogP contribution is 2.22. The number of ether oxygens (including phenoxy) is 1. The molecule has 0 radical (unpaired) electrons. The average Bonchev–Trinajstić information content (AvgIpc) is 2.53. The summed E-state index contributed by atoms with van der Waals surface area (Å²) in [5, 5.41) is 2.61. The quantitative estimate of drug-likeness (QED) is 0.904. The van der Waals surface area contributed by atoms with E-state index in [4.69, 9.17) is 4.74 Å². The second-order valence-electron chi connectivity index (χ2n) is 4.52. The van der Waals surface area contributed by atoms with Crippen molar-refractivity contribution in [2.45, 2.75) is 19.4 Å². The second kappa shape index (κ2) is 6.75. The van der Waals surface area contributed by atoms with Crippen LogP contribution in [0, 0.1) is 0 Å². The number of amides is 1. The zero-order valence-electron chi connectivity index (χ0n) is 11.8. The van der Waals surface area contributed by atoms with Gasteiger partial charge in [0.15, 0.2) is 6.10 Å². The maximum atomic E-state index is 11.6. The molecule has 2 aromatic rings. The summed E-state index contributed by atoms with van der Waals surface area (Å²) in [6.07, 6.45) is 0.197. The first-order chi connectivity index (χ1) is 9.74. The molecule has 1 N–H and O–H groups in total. The maximum Gasteiger partial charge on any atom is 0.260 e.